The number of ether oxygens (including phenoxy) is 1. The highest BCUT2D eigenvalue weighted by molar-refractivity contribution is 9.10. The van der Waals surface area contributed by atoms with Crippen molar-refractivity contribution in [2.75, 3.05) is 31.2 Å². The van der Waals surface area contributed by atoms with Crippen LogP contribution in [-0.4, -0.2) is 31.8 Å². The second-order valence-corrected chi connectivity index (χ2v) is 7.31. The standard InChI is InChI=1S/C17H27BrN2O/c1-5-8-19-13(2)15-7-6-14(18)11-16(15)20-9-10-21-12-17(20,3)4/h6-7,11,13,19H,5,8-10,12H2,1-4H3. The van der Waals surface area contributed by atoms with Gasteiger partial charge in [0.2, 0.25) is 0 Å². The van der Waals surface area contributed by atoms with E-state index >= 15 is 0 Å². The topological polar surface area (TPSA) is 24.5 Å². The van der Waals surface area contributed by atoms with Gasteiger partial charge in [-0.25, -0.2) is 0 Å². The first-order valence-electron chi connectivity index (χ1n) is 7.84. The van der Waals surface area contributed by atoms with E-state index in [-0.39, 0.29) is 5.54 Å². The Hall–Kier alpha value is -0.580. The number of hydrogen-bond acceptors (Lipinski definition) is 3. The zero-order valence-electron chi connectivity index (χ0n) is 13.6. The van der Waals surface area contributed by atoms with E-state index in [0.717, 1.165) is 37.2 Å². The summed E-state index contributed by atoms with van der Waals surface area (Å²) in [7, 11) is 0. The monoisotopic (exact) mass is 354 g/mol. The Morgan fingerprint density at radius 3 is 2.86 bits per heavy atom. The molecule has 1 aliphatic rings. The van der Waals surface area contributed by atoms with Crippen LogP contribution >= 0.6 is 15.9 Å². The van der Waals surface area contributed by atoms with Crippen LogP contribution < -0.4 is 10.2 Å². The second kappa shape index (κ2) is 7.12. The van der Waals surface area contributed by atoms with Crippen molar-refractivity contribution in [3.05, 3.63) is 28.2 Å². The highest BCUT2D eigenvalue weighted by atomic mass is 79.9. The molecule has 21 heavy (non-hydrogen) atoms. The maximum Gasteiger partial charge on any atom is 0.0694 e. The Morgan fingerprint density at radius 1 is 1.43 bits per heavy atom. The van der Waals surface area contributed by atoms with E-state index in [0.29, 0.717) is 6.04 Å². The van der Waals surface area contributed by atoms with Crippen LogP contribution in [0.2, 0.25) is 0 Å². The zero-order chi connectivity index (χ0) is 15.5. The molecule has 1 N–H and O–H groups in total. The molecular weight excluding hydrogens is 328 g/mol. The molecule has 0 radical (unpaired) electrons. The lowest BCUT2D eigenvalue weighted by Gasteiger charge is -2.45. The number of nitrogens with one attached hydrogen (secondary N) is 1. The van der Waals surface area contributed by atoms with Crippen molar-refractivity contribution in [3.63, 3.8) is 0 Å². The van der Waals surface area contributed by atoms with Gasteiger partial charge in [-0.05, 0) is 51.4 Å². The average molecular weight is 355 g/mol. The molecule has 0 aromatic heterocycles. The van der Waals surface area contributed by atoms with E-state index in [1.54, 1.807) is 0 Å². The summed E-state index contributed by atoms with van der Waals surface area (Å²) in [5, 5.41) is 3.60. The Kier molecular flexibility index (Phi) is 5.69. The first-order chi connectivity index (χ1) is 9.95. The van der Waals surface area contributed by atoms with Gasteiger partial charge >= 0.3 is 0 Å². The Labute approximate surface area is 137 Å². The number of halogens is 1. The predicted molar refractivity (Wildman–Crippen MR) is 93.1 cm³/mol. The van der Waals surface area contributed by atoms with Gasteiger partial charge < -0.3 is 15.0 Å². The molecule has 2 rings (SSSR count). The normalized spacial score (nSPS) is 19.6. The summed E-state index contributed by atoms with van der Waals surface area (Å²) in [6.07, 6.45) is 1.15. The van der Waals surface area contributed by atoms with Crippen LogP contribution in [-0.2, 0) is 4.74 Å². The lowest BCUT2D eigenvalue weighted by atomic mass is 9.97. The van der Waals surface area contributed by atoms with Crippen molar-refractivity contribution < 1.29 is 4.74 Å². The van der Waals surface area contributed by atoms with E-state index < -0.39 is 0 Å². The van der Waals surface area contributed by atoms with Crippen LogP contribution in [0.3, 0.4) is 0 Å². The summed E-state index contributed by atoms with van der Waals surface area (Å²) in [5.74, 6) is 0. The highest BCUT2D eigenvalue weighted by Crippen LogP contribution is 2.35. The minimum atomic E-state index is 0.0261. The van der Waals surface area contributed by atoms with E-state index in [1.807, 2.05) is 0 Å². The summed E-state index contributed by atoms with van der Waals surface area (Å²) in [6.45, 7) is 12.5. The smallest absolute Gasteiger partial charge is 0.0694 e. The number of benzene rings is 1. The number of anilines is 1. The minimum absolute atomic E-state index is 0.0261. The maximum atomic E-state index is 5.66. The van der Waals surface area contributed by atoms with Crippen molar-refractivity contribution in [2.24, 2.45) is 0 Å². The fourth-order valence-corrected chi connectivity index (χ4v) is 3.24. The van der Waals surface area contributed by atoms with Crippen LogP contribution in [0, 0.1) is 0 Å². The maximum absolute atomic E-state index is 5.66. The van der Waals surface area contributed by atoms with E-state index in [1.165, 1.54) is 11.3 Å². The molecule has 4 heteroatoms. The van der Waals surface area contributed by atoms with Gasteiger partial charge in [-0.15, -0.1) is 0 Å². The van der Waals surface area contributed by atoms with Gasteiger partial charge in [0.1, 0.15) is 0 Å². The molecular formula is C17H27BrN2O. The number of nitrogens with zero attached hydrogens (tertiary/aromatic N) is 1. The van der Waals surface area contributed by atoms with Gasteiger partial charge in [-0.1, -0.05) is 28.9 Å². The molecule has 1 aromatic rings. The molecule has 1 saturated heterocycles. The molecule has 1 atom stereocenters. The molecule has 0 spiro atoms. The van der Waals surface area contributed by atoms with Gasteiger partial charge in [0, 0.05) is 22.7 Å². The quantitative estimate of drug-likeness (QED) is 0.860. The summed E-state index contributed by atoms with van der Waals surface area (Å²) < 4.78 is 6.79. The third kappa shape index (κ3) is 3.99. The average Bonchev–Trinajstić information content (AvgIpc) is 2.44. The molecule has 0 bridgehead atoms. The zero-order valence-corrected chi connectivity index (χ0v) is 15.2. The summed E-state index contributed by atoms with van der Waals surface area (Å²) in [6, 6.07) is 6.97. The first kappa shape index (κ1) is 16.8. The first-order valence-corrected chi connectivity index (χ1v) is 8.63. The third-order valence-corrected chi connectivity index (χ3v) is 4.59. The van der Waals surface area contributed by atoms with Gasteiger partial charge in [0.25, 0.3) is 0 Å². The minimum Gasteiger partial charge on any atom is -0.377 e. The highest BCUT2D eigenvalue weighted by Gasteiger charge is 2.32. The summed E-state index contributed by atoms with van der Waals surface area (Å²) >= 11 is 3.62. The van der Waals surface area contributed by atoms with Gasteiger partial charge in [0.15, 0.2) is 0 Å². The molecule has 1 unspecified atom stereocenters. The predicted octanol–water partition coefficient (Wildman–Crippen LogP) is 4.12. The largest absolute Gasteiger partial charge is 0.377 e. The lowest BCUT2D eigenvalue weighted by molar-refractivity contribution is 0.0642. The number of morpholine rings is 1. The molecule has 1 heterocycles. The van der Waals surface area contributed by atoms with Gasteiger partial charge in [-0.2, -0.15) is 0 Å². The van der Waals surface area contributed by atoms with Crippen LogP contribution in [0.4, 0.5) is 5.69 Å². The Morgan fingerprint density at radius 2 is 2.19 bits per heavy atom. The van der Waals surface area contributed by atoms with E-state index in [4.69, 9.17) is 4.74 Å². The van der Waals surface area contributed by atoms with Crippen LogP contribution in [0.5, 0.6) is 0 Å². The van der Waals surface area contributed by atoms with Crippen LogP contribution in [0.25, 0.3) is 0 Å². The second-order valence-electron chi connectivity index (χ2n) is 6.40. The molecule has 0 saturated carbocycles. The summed E-state index contributed by atoms with van der Waals surface area (Å²) in [4.78, 5) is 2.49. The van der Waals surface area contributed by atoms with E-state index in [9.17, 15) is 0 Å². The van der Waals surface area contributed by atoms with Crippen LogP contribution in [0.1, 0.15) is 45.7 Å². The van der Waals surface area contributed by atoms with Crippen molar-refractivity contribution in [3.8, 4) is 0 Å². The number of hydrogen-bond donors (Lipinski definition) is 1. The van der Waals surface area contributed by atoms with E-state index in [2.05, 4.69) is 72.0 Å². The third-order valence-electron chi connectivity index (χ3n) is 4.10. The molecule has 1 aromatic carbocycles. The summed E-state index contributed by atoms with van der Waals surface area (Å²) in [5.41, 5.74) is 2.70. The van der Waals surface area contributed by atoms with Gasteiger partial charge in [-0.3, -0.25) is 0 Å². The number of rotatable bonds is 5. The Bertz CT molecular complexity index is 476. The molecule has 0 aliphatic carbocycles. The SMILES string of the molecule is CCCNC(C)c1ccc(Br)cc1N1CCOCC1(C)C. The van der Waals surface area contributed by atoms with Crippen molar-refractivity contribution in [1.29, 1.82) is 0 Å². The van der Waals surface area contributed by atoms with Crippen LogP contribution in [0.15, 0.2) is 22.7 Å². The van der Waals surface area contributed by atoms with Crippen molar-refractivity contribution in [1.82, 2.24) is 5.32 Å². The molecule has 1 fully saturated rings. The van der Waals surface area contributed by atoms with Gasteiger partial charge in [0.05, 0.1) is 18.8 Å². The Balaban J connectivity index is 2.34. The molecule has 3 nitrogen and oxygen atoms in total. The fourth-order valence-electron chi connectivity index (χ4n) is 2.89. The lowest BCUT2D eigenvalue weighted by Crippen LogP contribution is -2.53. The molecule has 0 amide bonds. The molecule has 118 valence electrons. The van der Waals surface area contributed by atoms with Crippen molar-refractivity contribution >= 4 is 21.6 Å². The fraction of sp³-hybridized carbons (Fsp3) is 0.647. The molecule has 1 aliphatic heterocycles. The van der Waals surface area contributed by atoms with Crippen molar-refractivity contribution in [2.45, 2.75) is 45.7 Å².